The summed E-state index contributed by atoms with van der Waals surface area (Å²) < 4.78 is 7.95. The van der Waals surface area contributed by atoms with E-state index in [0.29, 0.717) is 49.9 Å². The number of anilines is 1. The molecule has 0 spiro atoms. The van der Waals surface area contributed by atoms with Crippen molar-refractivity contribution in [2.75, 3.05) is 18.8 Å². The van der Waals surface area contributed by atoms with E-state index in [-0.39, 0.29) is 5.71 Å². The minimum absolute atomic E-state index is 0.278. The van der Waals surface area contributed by atoms with Gasteiger partial charge < -0.3 is 15.4 Å². The SMILES string of the molecule is Cc1ncc(Cl)c([C@@H](N)Oc2ccc(N)c(C(=N)c3cnn(C4CCN(C5CCC5)CC4)c3)c2)c1Cl. The summed E-state index contributed by atoms with van der Waals surface area (Å²) in [5, 5.41) is 14.1. The molecule has 3 heterocycles. The molecule has 1 atom stereocenters. The predicted molar refractivity (Wildman–Crippen MR) is 143 cm³/mol. The Labute approximate surface area is 221 Å². The monoisotopic (exact) mass is 527 g/mol. The van der Waals surface area contributed by atoms with Gasteiger partial charge in [-0.25, -0.2) is 0 Å². The molecule has 1 saturated carbocycles. The Kier molecular flexibility index (Phi) is 7.21. The van der Waals surface area contributed by atoms with Crippen LogP contribution in [0.2, 0.25) is 10.0 Å². The largest absolute Gasteiger partial charge is 0.471 e. The summed E-state index contributed by atoms with van der Waals surface area (Å²) in [6.07, 6.45) is 10.5. The maximum atomic E-state index is 8.82. The van der Waals surface area contributed by atoms with Crippen molar-refractivity contribution in [3.8, 4) is 5.75 Å². The van der Waals surface area contributed by atoms with Gasteiger partial charge in [0.2, 0.25) is 0 Å². The van der Waals surface area contributed by atoms with Crippen molar-refractivity contribution in [3.05, 3.63) is 69.2 Å². The van der Waals surface area contributed by atoms with Crippen molar-refractivity contribution in [2.45, 2.75) is 57.3 Å². The van der Waals surface area contributed by atoms with Crippen LogP contribution in [-0.4, -0.2) is 44.5 Å². The van der Waals surface area contributed by atoms with E-state index in [1.807, 2.05) is 10.9 Å². The van der Waals surface area contributed by atoms with E-state index in [2.05, 4.69) is 15.0 Å². The zero-order valence-corrected chi connectivity index (χ0v) is 21.8. The fourth-order valence-electron chi connectivity index (χ4n) is 4.96. The summed E-state index contributed by atoms with van der Waals surface area (Å²) in [4.78, 5) is 6.76. The molecule has 10 heteroatoms. The topological polar surface area (TPSA) is 119 Å². The van der Waals surface area contributed by atoms with Gasteiger partial charge >= 0.3 is 0 Å². The first-order valence-corrected chi connectivity index (χ1v) is 13.1. The minimum atomic E-state index is -0.911. The molecule has 36 heavy (non-hydrogen) atoms. The van der Waals surface area contributed by atoms with Crippen molar-refractivity contribution in [1.29, 1.82) is 5.41 Å². The number of aryl methyl sites for hydroxylation is 1. The second-order valence-electron chi connectivity index (χ2n) is 9.64. The summed E-state index contributed by atoms with van der Waals surface area (Å²) in [5.41, 5.74) is 15.6. The fraction of sp³-hybridized carbons (Fsp3) is 0.423. The van der Waals surface area contributed by atoms with E-state index in [4.69, 9.17) is 44.8 Å². The van der Waals surface area contributed by atoms with E-state index in [1.165, 1.54) is 25.5 Å². The van der Waals surface area contributed by atoms with Crippen LogP contribution in [0.3, 0.4) is 0 Å². The smallest absolute Gasteiger partial charge is 0.177 e. The lowest BCUT2D eigenvalue weighted by atomic mass is 9.89. The quantitative estimate of drug-likeness (QED) is 0.223. The number of aromatic nitrogens is 3. The van der Waals surface area contributed by atoms with Gasteiger partial charge in [-0.15, -0.1) is 0 Å². The number of piperidine rings is 1. The highest BCUT2D eigenvalue weighted by Crippen LogP contribution is 2.34. The third-order valence-electron chi connectivity index (χ3n) is 7.38. The van der Waals surface area contributed by atoms with Crippen molar-refractivity contribution in [2.24, 2.45) is 5.73 Å². The molecule has 3 aromatic rings. The lowest BCUT2D eigenvalue weighted by molar-refractivity contribution is 0.0842. The van der Waals surface area contributed by atoms with Gasteiger partial charge in [-0.05, 0) is 50.8 Å². The van der Waals surface area contributed by atoms with Crippen LogP contribution in [0.4, 0.5) is 5.69 Å². The van der Waals surface area contributed by atoms with Crippen LogP contribution in [0.5, 0.6) is 5.75 Å². The van der Waals surface area contributed by atoms with Crippen LogP contribution < -0.4 is 16.2 Å². The van der Waals surface area contributed by atoms with Gasteiger partial charge in [-0.3, -0.25) is 20.8 Å². The molecule has 0 amide bonds. The Morgan fingerprint density at radius 3 is 2.58 bits per heavy atom. The standard InChI is InChI=1S/C26H31Cl2N7O/c1-15-24(28)23(21(27)13-32-15)26(31)36-19-5-6-22(29)20(11-19)25(30)16-12-33-35(14-16)18-7-9-34(10-8-18)17-3-2-4-17/h5-6,11-14,17-18,26,30H,2-4,7-10,29,31H2,1H3/t26-/m0/s1. The molecule has 5 N–H and O–H groups in total. The highest BCUT2D eigenvalue weighted by Gasteiger charge is 2.29. The normalized spacial score (nSPS) is 18.1. The lowest BCUT2D eigenvalue weighted by Gasteiger charge is -2.41. The number of nitrogens with one attached hydrogen (secondary N) is 1. The third kappa shape index (κ3) is 4.95. The van der Waals surface area contributed by atoms with Gasteiger partial charge in [-0.1, -0.05) is 29.6 Å². The molecule has 8 nitrogen and oxygen atoms in total. The summed E-state index contributed by atoms with van der Waals surface area (Å²) >= 11 is 12.7. The first kappa shape index (κ1) is 25.0. The van der Waals surface area contributed by atoms with E-state index in [1.54, 1.807) is 31.3 Å². The Morgan fingerprint density at radius 1 is 1.14 bits per heavy atom. The van der Waals surface area contributed by atoms with E-state index >= 15 is 0 Å². The number of benzene rings is 1. The van der Waals surface area contributed by atoms with Gasteiger partial charge in [0.05, 0.1) is 33.7 Å². The maximum Gasteiger partial charge on any atom is 0.177 e. The van der Waals surface area contributed by atoms with Gasteiger partial charge in [0.15, 0.2) is 6.23 Å². The lowest BCUT2D eigenvalue weighted by Crippen LogP contribution is -2.45. The van der Waals surface area contributed by atoms with Crippen LogP contribution in [-0.2, 0) is 0 Å². The Balaban J connectivity index is 1.29. The zero-order chi connectivity index (χ0) is 25.4. The van der Waals surface area contributed by atoms with E-state index in [9.17, 15) is 0 Å². The van der Waals surface area contributed by atoms with Crippen molar-refractivity contribution in [3.63, 3.8) is 0 Å². The minimum Gasteiger partial charge on any atom is -0.471 e. The van der Waals surface area contributed by atoms with Crippen molar-refractivity contribution < 1.29 is 4.74 Å². The molecule has 190 valence electrons. The van der Waals surface area contributed by atoms with Crippen LogP contribution in [0.1, 0.15) is 66.8 Å². The number of likely N-dealkylation sites (tertiary alicyclic amines) is 1. The molecule has 0 radical (unpaired) electrons. The molecule has 1 aliphatic heterocycles. The molecule has 2 aliphatic rings. The summed E-state index contributed by atoms with van der Waals surface area (Å²) in [7, 11) is 0. The number of pyridine rings is 1. The molecule has 1 saturated heterocycles. The van der Waals surface area contributed by atoms with Gasteiger partial charge in [0.1, 0.15) is 5.75 Å². The van der Waals surface area contributed by atoms with Gasteiger partial charge in [0, 0.05) is 53.9 Å². The number of nitrogen functional groups attached to an aromatic ring is 1. The van der Waals surface area contributed by atoms with Crippen LogP contribution in [0, 0.1) is 12.3 Å². The Hall–Kier alpha value is -2.65. The van der Waals surface area contributed by atoms with Crippen LogP contribution in [0.25, 0.3) is 0 Å². The first-order valence-electron chi connectivity index (χ1n) is 12.3. The molecular formula is C26H31Cl2N7O. The predicted octanol–water partition coefficient (Wildman–Crippen LogP) is 5.12. The van der Waals surface area contributed by atoms with E-state index in [0.717, 1.165) is 32.0 Å². The zero-order valence-electron chi connectivity index (χ0n) is 20.3. The molecular weight excluding hydrogens is 497 g/mol. The molecule has 2 fully saturated rings. The number of halogens is 2. The van der Waals surface area contributed by atoms with Crippen molar-refractivity contribution >= 4 is 34.6 Å². The van der Waals surface area contributed by atoms with Crippen LogP contribution >= 0.6 is 23.2 Å². The van der Waals surface area contributed by atoms with E-state index < -0.39 is 6.23 Å². The summed E-state index contributed by atoms with van der Waals surface area (Å²) in [6.45, 7) is 3.99. The number of rotatable bonds is 7. The van der Waals surface area contributed by atoms with Gasteiger partial charge in [0.25, 0.3) is 0 Å². The molecule has 1 aliphatic carbocycles. The Bertz CT molecular complexity index is 1270. The summed E-state index contributed by atoms with van der Waals surface area (Å²) in [5.74, 6) is 0.453. The molecule has 1 aromatic carbocycles. The highest BCUT2D eigenvalue weighted by atomic mass is 35.5. The molecule has 5 rings (SSSR count). The molecule has 2 aromatic heterocycles. The third-order valence-corrected chi connectivity index (χ3v) is 8.16. The number of hydrogen-bond acceptors (Lipinski definition) is 7. The average Bonchev–Trinajstić information content (AvgIpc) is 3.32. The average molecular weight is 528 g/mol. The number of nitrogens with zero attached hydrogens (tertiary/aromatic N) is 4. The number of ether oxygens (including phenoxy) is 1. The fourth-order valence-corrected chi connectivity index (χ4v) is 5.52. The second-order valence-corrected chi connectivity index (χ2v) is 10.4. The summed E-state index contributed by atoms with van der Waals surface area (Å²) in [6, 6.07) is 6.26. The van der Waals surface area contributed by atoms with Crippen LogP contribution in [0.15, 0.2) is 36.8 Å². The Morgan fingerprint density at radius 2 is 1.89 bits per heavy atom. The molecule has 0 bridgehead atoms. The first-order chi connectivity index (χ1) is 17.3. The highest BCUT2D eigenvalue weighted by molar-refractivity contribution is 6.36. The molecule has 0 unspecified atom stereocenters. The number of nitrogens with two attached hydrogens (primary N) is 2. The second kappa shape index (κ2) is 10.4. The van der Waals surface area contributed by atoms with Crippen molar-refractivity contribution in [1.82, 2.24) is 19.7 Å². The van der Waals surface area contributed by atoms with Gasteiger partial charge in [-0.2, -0.15) is 5.10 Å². The number of hydrogen-bond donors (Lipinski definition) is 3. The maximum absolute atomic E-state index is 8.82.